The van der Waals surface area contributed by atoms with E-state index in [1.54, 1.807) is 30.4 Å². The number of likely N-dealkylation sites (tertiary alicyclic amines) is 1. The van der Waals surface area contributed by atoms with Gasteiger partial charge in [0.25, 0.3) is 0 Å². The summed E-state index contributed by atoms with van der Waals surface area (Å²) >= 11 is 6.00. The van der Waals surface area contributed by atoms with Crippen molar-refractivity contribution in [1.29, 1.82) is 0 Å². The standard InChI is InChI=1S/C30H31ClN2O6/c31-21-8-6-20(7-9-21)30(38)11-15-33(16-12-30)14-2-3-19-17-23-22(24(18-34)29(36)37)4-1-5-26(23)39-28-27(19)25(35)10-13-32-28/h1,3-10,13,17,22,24,34,38H,2,11-12,14-16,18H2,(H,32,35)(H,36,37). The Bertz CT molecular complexity index is 1410. The maximum Gasteiger partial charge on any atom is 0.309 e. The molecule has 1 fully saturated rings. The molecule has 2 aromatic rings. The van der Waals surface area contributed by atoms with E-state index >= 15 is 0 Å². The molecule has 3 heterocycles. The number of hydrogen-bond acceptors (Lipinski definition) is 6. The molecule has 0 radical (unpaired) electrons. The van der Waals surface area contributed by atoms with Crippen molar-refractivity contribution in [3.63, 3.8) is 0 Å². The number of carboxylic acids is 1. The minimum absolute atomic E-state index is 0.210. The Hall–Kier alpha value is -3.43. The minimum atomic E-state index is -1.11. The topological polar surface area (TPSA) is 123 Å². The van der Waals surface area contributed by atoms with E-state index in [4.69, 9.17) is 16.3 Å². The number of halogens is 1. The van der Waals surface area contributed by atoms with Crippen molar-refractivity contribution in [3.05, 3.63) is 105 Å². The molecule has 204 valence electrons. The fourth-order valence-corrected chi connectivity index (χ4v) is 5.63. The summed E-state index contributed by atoms with van der Waals surface area (Å²) in [6.07, 6.45) is 12.3. The predicted octanol–water partition coefficient (Wildman–Crippen LogP) is 3.87. The number of aliphatic hydroxyl groups excluding tert-OH is 1. The number of nitrogens with zero attached hydrogens (tertiary/aromatic N) is 1. The molecule has 5 rings (SSSR count). The highest BCUT2D eigenvalue weighted by molar-refractivity contribution is 6.30. The smallest absolute Gasteiger partial charge is 0.309 e. The number of benzene rings is 1. The van der Waals surface area contributed by atoms with Crippen molar-refractivity contribution < 1.29 is 24.9 Å². The second-order valence-electron chi connectivity index (χ2n) is 10.1. The van der Waals surface area contributed by atoms with Gasteiger partial charge < -0.3 is 29.9 Å². The lowest BCUT2D eigenvalue weighted by Crippen LogP contribution is -2.42. The second-order valence-corrected chi connectivity index (χ2v) is 10.6. The van der Waals surface area contributed by atoms with Crippen molar-refractivity contribution in [2.75, 3.05) is 26.2 Å². The number of aliphatic carboxylic acids is 1. The van der Waals surface area contributed by atoms with Crippen LogP contribution in [0.2, 0.25) is 5.02 Å². The second kappa shape index (κ2) is 11.4. The lowest BCUT2D eigenvalue weighted by molar-refractivity contribution is -0.144. The van der Waals surface area contributed by atoms with Gasteiger partial charge in [-0.05, 0) is 54.7 Å². The normalized spacial score (nSPS) is 22.1. The van der Waals surface area contributed by atoms with Gasteiger partial charge in [-0.3, -0.25) is 9.59 Å². The molecule has 2 aliphatic heterocycles. The van der Waals surface area contributed by atoms with Gasteiger partial charge in [0, 0.05) is 48.4 Å². The number of carboxylic acid groups (broad SMARTS) is 1. The predicted molar refractivity (Wildman–Crippen MR) is 148 cm³/mol. The summed E-state index contributed by atoms with van der Waals surface area (Å²) in [5.41, 5.74) is 1.40. The Labute approximate surface area is 231 Å². The molecule has 8 nitrogen and oxygen atoms in total. The summed E-state index contributed by atoms with van der Waals surface area (Å²) in [6.45, 7) is 1.64. The third-order valence-electron chi connectivity index (χ3n) is 7.77. The monoisotopic (exact) mass is 550 g/mol. The van der Waals surface area contributed by atoms with E-state index in [-0.39, 0.29) is 5.43 Å². The highest BCUT2D eigenvalue weighted by atomic mass is 35.5. The lowest BCUT2D eigenvalue weighted by atomic mass is 9.81. The fourth-order valence-electron chi connectivity index (χ4n) is 5.51. The van der Waals surface area contributed by atoms with Crippen LogP contribution < -0.4 is 10.2 Å². The molecule has 0 amide bonds. The summed E-state index contributed by atoms with van der Waals surface area (Å²) in [4.78, 5) is 30.1. The van der Waals surface area contributed by atoms with Gasteiger partial charge in [0.2, 0.25) is 5.88 Å². The molecule has 1 aromatic carbocycles. The van der Waals surface area contributed by atoms with E-state index < -0.39 is 30.0 Å². The van der Waals surface area contributed by atoms with E-state index in [1.165, 1.54) is 12.3 Å². The molecule has 1 aromatic heterocycles. The zero-order chi connectivity index (χ0) is 27.6. The number of hydrogen-bond donors (Lipinski definition) is 4. The molecule has 3 aliphatic rings. The average Bonchev–Trinajstić information content (AvgIpc) is 3.08. The first-order valence-electron chi connectivity index (χ1n) is 13.0. The summed E-state index contributed by atoms with van der Waals surface area (Å²) < 4.78 is 6.07. The lowest BCUT2D eigenvalue weighted by Gasteiger charge is -2.38. The molecule has 4 N–H and O–H groups in total. The van der Waals surface area contributed by atoms with Crippen LogP contribution in [-0.4, -0.2) is 57.4 Å². The molecular weight excluding hydrogens is 520 g/mol. The van der Waals surface area contributed by atoms with E-state index in [0.717, 1.165) is 25.2 Å². The maximum atomic E-state index is 12.9. The van der Waals surface area contributed by atoms with Crippen molar-refractivity contribution in [2.24, 2.45) is 11.8 Å². The fraction of sp³-hybridized carbons (Fsp3) is 0.333. The quantitative estimate of drug-likeness (QED) is 0.413. The van der Waals surface area contributed by atoms with Gasteiger partial charge >= 0.3 is 5.97 Å². The van der Waals surface area contributed by atoms with Gasteiger partial charge in [-0.1, -0.05) is 42.0 Å². The van der Waals surface area contributed by atoms with Crippen LogP contribution in [0.4, 0.5) is 0 Å². The molecule has 1 saturated heterocycles. The number of nitrogens with one attached hydrogen (secondary N) is 1. The summed E-state index contributed by atoms with van der Waals surface area (Å²) in [5, 5.41) is 31.3. The Kier molecular flexibility index (Phi) is 7.91. The number of aromatic nitrogens is 1. The number of H-pyrrole nitrogens is 1. The van der Waals surface area contributed by atoms with Crippen molar-refractivity contribution in [2.45, 2.75) is 24.9 Å². The van der Waals surface area contributed by atoms with Gasteiger partial charge in [0.1, 0.15) is 5.76 Å². The van der Waals surface area contributed by atoms with Gasteiger partial charge in [0.05, 0.1) is 23.7 Å². The molecule has 1 aliphatic carbocycles. The van der Waals surface area contributed by atoms with Gasteiger partial charge in [-0.25, -0.2) is 0 Å². The van der Waals surface area contributed by atoms with Crippen molar-refractivity contribution in [1.82, 2.24) is 9.88 Å². The largest absolute Gasteiger partial charge is 0.481 e. The van der Waals surface area contributed by atoms with Crippen LogP contribution >= 0.6 is 11.6 Å². The Morgan fingerprint density at radius 3 is 2.67 bits per heavy atom. The first-order chi connectivity index (χ1) is 18.8. The number of rotatable bonds is 7. The average molecular weight is 551 g/mol. The Balaban J connectivity index is 1.36. The van der Waals surface area contributed by atoms with Gasteiger partial charge in [-0.15, -0.1) is 0 Å². The number of pyridine rings is 1. The number of carbonyl (C=O) groups is 1. The molecular formula is C30H31ClN2O6. The number of ether oxygens (including phenoxy) is 1. The number of allylic oxidation sites excluding steroid dienone is 6. The van der Waals surface area contributed by atoms with Crippen molar-refractivity contribution >= 4 is 23.1 Å². The minimum Gasteiger partial charge on any atom is -0.481 e. The van der Waals surface area contributed by atoms with Gasteiger partial charge in [0.15, 0.2) is 5.43 Å². The number of piperidine rings is 1. The van der Waals surface area contributed by atoms with Crippen LogP contribution in [0.1, 0.15) is 30.4 Å². The highest BCUT2D eigenvalue weighted by Crippen LogP contribution is 2.39. The zero-order valence-electron chi connectivity index (χ0n) is 21.3. The van der Waals surface area contributed by atoms with Gasteiger partial charge in [-0.2, -0.15) is 0 Å². The number of aromatic amines is 1. The maximum absolute atomic E-state index is 12.9. The highest BCUT2D eigenvalue weighted by Gasteiger charge is 2.35. The zero-order valence-corrected chi connectivity index (χ0v) is 22.1. The number of aliphatic hydroxyl groups is 2. The molecule has 2 atom stereocenters. The van der Waals surface area contributed by atoms with E-state index in [0.29, 0.717) is 52.6 Å². The van der Waals surface area contributed by atoms with Crippen LogP contribution in [0.5, 0.6) is 5.88 Å². The first kappa shape index (κ1) is 27.1. The van der Waals surface area contributed by atoms with Crippen LogP contribution in [0.15, 0.2) is 83.0 Å². The molecule has 0 spiro atoms. The third kappa shape index (κ3) is 5.65. The van der Waals surface area contributed by atoms with E-state index in [9.17, 15) is 24.9 Å². The van der Waals surface area contributed by atoms with Crippen LogP contribution in [0, 0.1) is 11.8 Å². The third-order valence-corrected chi connectivity index (χ3v) is 8.02. The molecule has 0 saturated carbocycles. The summed E-state index contributed by atoms with van der Waals surface area (Å²) in [5.74, 6) is -2.05. The SMILES string of the molecule is O=C(O)C(CO)C1C=CC=C2Oc3[nH]ccc(=O)c3C(=CCCN3CCC(O)(c4ccc(Cl)cc4)CC3)C=C21. The summed E-state index contributed by atoms with van der Waals surface area (Å²) in [7, 11) is 0. The van der Waals surface area contributed by atoms with Crippen LogP contribution in [0.25, 0.3) is 5.57 Å². The molecule has 0 bridgehead atoms. The van der Waals surface area contributed by atoms with E-state index in [2.05, 4.69) is 9.88 Å². The molecule has 2 unspecified atom stereocenters. The molecule has 9 heteroatoms. The van der Waals surface area contributed by atoms with E-state index in [1.807, 2.05) is 24.3 Å². The summed E-state index contributed by atoms with van der Waals surface area (Å²) in [6, 6.07) is 8.78. The Morgan fingerprint density at radius 2 is 1.97 bits per heavy atom. The first-order valence-corrected chi connectivity index (χ1v) is 13.4. The number of fused-ring (bicyclic) bond motifs is 2. The van der Waals surface area contributed by atoms with Crippen molar-refractivity contribution in [3.8, 4) is 5.88 Å². The molecule has 39 heavy (non-hydrogen) atoms. The Morgan fingerprint density at radius 1 is 1.23 bits per heavy atom. The van der Waals surface area contributed by atoms with Crippen LogP contribution in [0.3, 0.4) is 0 Å². The van der Waals surface area contributed by atoms with Crippen LogP contribution in [-0.2, 0) is 10.4 Å².